The van der Waals surface area contributed by atoms with Crippen molar-refractivity contribution in [1.29, 1.82) is 0 Å². The Morgan fingerprint density at radius 3 is 2.67 bits per heavy atom. The van der Waals surface area contributed by atoms with Gasteiger partial charge in [-0.3, -0.25) is 0 Å². The Balaban J connectivity index is 1.94. The van der Waals surface area contributed by atoms with Gasteiger partial charge in [0.1, 0.15) is 0 Å². The van der Waals surface area contributed by atoms with Gasteiger partial charge in [0.05, 0.1) is 0 Å². The quantitative estimate of drug-likeness (QED) is 0.809. The lowest BCUT2D eigenvalue weighted by Crippen LogP contribution is -2.23. The molecule has 2 heteroatoms. The lowest BCUT2D eigenvalue weighted by atomic mass is 9.88. The van der Waals surface area contributed by atoms with Gasteiger partial charge in [-0.25, -0.2) is 0 Å². The number of benzene rings is 1. The molecule has 0 aliphatic heterocycles. The van der Waals surface area contributed by atoms with Crippen molar-refractivity contribution in [2.24, 2.45) is 11.8 Å². The molecule has 1 aromatic carbocycles. The molecule has 0 heterocycles. The topological polar surface area (TPSA) is 12.0 Å². The number of nitrogens with one attached hydrogen (secondary N) is 1. The standard InChI is InChI=1S/C16H24ClN/c1-18-12-14(10-13-6-2-3-7-13)11-15-8-4-5-9-16(15)17/h4-5,8-9,13-14,18H,2-3,6-7,10-12H2,1H3. The maximum absolute atomic E-state index is 6.26. The first-order chi connectivity index (χ1) is 8.79. The molecular formula is C16H24ClN. The first kappa shape index (κ1) is 13.9. The molecule has 18 heavy (non-hydrogen) atoms. The summed E-state index contributed by atoms with van der Waals surface area (Å²) in [5.74, 6) is 1.67. The zero-order chi connectivity index (χ0) is 12.8. The van der Waals surface area contributed by atoms with E-state index in [1.54, 1.807) is 0 Å². The molecule has 0 saturated heterocycles. The summed E-state index contributed by atoms with van der Waals surface area (Å²) in [7, 11) is 2.05. The molecule has 1 N–H and O–H groups in total. The van der Waals surface area contributed by atoms with E-state index >= 15 is 0 Å². The SMILES string of the molecule is CNCC(Cc1ccccc1Cl)CC1CCCC1. The van der Waals surface area contributed by atoms with E-state index in [-0.39, 0.29) is 0 Å². The Kier molecular flexibility index (Phi) is 5.52. The summed E-state index contributed by atoms with van der Waals surface area (Å²) >= 11 is 6.26. The van der Waals surface area contributed by atoms with Gasteiger partial charge in [0, 0.05) is 5.02 Å². The third kappa shape index (κ3) is 4.00. The molecule has 1 unspecified atom stereocenters. The first-order valence-corrected chi connectivity index (χ1v) is 7.55. The normalized spacial score (nSPS) is 18.1. The molecule has 2 rings (SSSR count). The van der Waals surface area contributed by atoms with Crippen molar-refractivity contribution in [3.8, 4) is 0 Å². The molecule has 1 saturated carbocycles. The largest absolute Gasteiger partial charge is 0.319 e. The van der Waals surface area contributed by atoms with Crippen LogP contribution in [0.4, 0.5) is 0 Å². The maximum Gasteiger partial charge on any atom is 0.0438 e. The highest BCUT2D eigenvalue weighted by atomic mass is 35.5. The van der Waals surface area contributed by atoms with E-state index in [1.165, 1.54) is 37.7 Å². The smallest absolute Gasteiger partial charge is 0.0438 e. The Labute approximate surface area is 116 Å². The van der Waals surface area contributed by atoms with E-state index in [9.17, 15) is 0 Å². The summed E-state index contributed by atoms with van der Waals surface area (Å²) in [5, 5.41) is 4.26. The first-order valence-electron chi connectivity index (χ1n) is 7.17. The van der Waals surface area contributed by atoms with Crippen molar-refractivity contribution in [1.82, 2.24) is 5.32 Å². The summed E-state index contributed by atoms with van der Waals surface area (Å²) in [6, 6.07) is 8.27. The van der Waals surface area contributed by atoms with E-state index in [1.807, 2.05) is 19.2 Å². The molecular weight excluding hydrogens is 242 g/mol. The number of rotatable bonds is 6. The third-order valence-corrected chi connectivity index (χ3v) is 4.47. The third-order valence-electron chi connectivity index (χ3n) is 4.10. The van der Waals surface area contributed by atoms with Gasteiger partial charge in [0.25, 0.3) is 0 Å². The molecule has 1 aliphatic rings. The van der Waals surface area contributed by atoms with Crippen molar-refractivity contribution < 1.29 is 0 Å². The number of hydrogen-bond acceptors (Lipinski definition) is 1. The van der Waals surface area contributed by atoms with Crippen LogP contribution < -0.4 is 5.32 Å². The minimum Gasteiger partial charge on any atom is -0.319 e. The van der Waals surface area contributed by atoms with Crippen molar-refractivity contribution >= 4 is 11.6 Å². The van der Waals surface area contributed by atoms with Gasteiger partial charge in [0.2, 0.25) is 0 Å². The molecule has 0 amide bonds. The van der Waals surface area contributed by atoms with Gasteiger partial charge in [-0.1, -0.05) is 55.5 Å². The second-order valence-electron chi connectivity index (χ2n) is 5.61. The van der Waals surface area contributed by atoms with Crippen LogP contribution in [0.25, 0.3) is 0 Å². The van der Waals surface area contributed by atoms with Crippen molar-refractivity contribution in [3.05, 3.63) is 34.9 Å². The minimum absolute atomic E-state index is 0.720. The van der Waals surface area contributed by atoms with E-state index in [4.69, 9.17) is 11.6 Å². The minimum atomic E-state index is 0.720. The molecule has 0 bridgehead atoms. The van der Waals surface area contributed by atoms with Crippen LogP contribution in [0, 0.1) is 11.8 Å². The molecule has 100 valence electrons. The highest BCUT2D eigenvalue weighted by Crippen LogP contribution is 2.32. The van der Waals surface area contributed by atoms with E-state index < -0.39 is 0 Å². The fourth-order valence-electron chi connectivity index (χ4n) is 3.22. The van der Waals surface area contributed by atoms with Crippen LogP contribution in [0.5, 0.6) is 0 Å². The van der Waals surface area contributed by atoms with E-state index in [0.29, 0.717) is 0 Å². The molecule has 1 fully saturated rings. The average molecular weight is 266 g/mol. The highest BCUT2D eigenvalue weighted by Gasteiger charge is 2.20. The van der Waals surface area contributed by atoms with E-state index in [2.05, 4.69) is 17.4 Å². The highest BCUT2D eigenvalue weighted by molar-refractivity contribution is 6.31. The van der Waals surface area contributed by atoms with Crippen LogP contribution in [-0.2, 0) is 6.42 Å². The monoisotopic (exact) mass is 265 g/mol. The zero-order valence-electron chi connectivity index (χ0n) is 11.3. The Hall–Kier alpha value is -0.530. The van der Waals surface area contributed by atoms with Crippen LogP contribution in [0.2, 0.25) is 5.02 Å². The van der Waals surface area contributed by atoms with Gasteiger partial charge in [0.15, 0.2) is 0 Å². The van der Waals surface area contributed by atoms with Gasteiger partial charge in [-0.15, -0.1) is 0 Å². The van der Waals surface area contributed by atoms with Crippen molar-refractivity contribution in [2.75, 3.05) is 13.6 Å². The lowest BCUT2D eigenvalue weighted by molar-refractivity contribution is 0.364. The second kappa shape index (κ2) is 7.16. The van der Waals surface area contributed by atoms with Crippen LogP contribution in [0.1, 0.15) is 37.7 Å². The van der Waals surface area contributed by atoms with E-state index in [0.717, 1.165) is 29.8 Å². The zero-order valence-corrected chi connectivity index (χ0v) is 12.0. The maximum atomic E-state index is 6.26. The predicted octanol–water partition coefficient (Wildman–Crippen LogP) is 4.30. The van der Waals surface area contributed by atoms with Gasteiger partial charge < -0.3 is 5.32 Å². The lowest BCUT2D eigenvalue weighted by Gasteiger charge is -2.21. The van der Waals surface area contributed by atoms with Crippen molar-refractivity contribution in [3.63, 3.8) is 0 Å². The number of halogens is 1. The van der Waals surface area contributed by atoms with Crippen LogP contribution in [0.3, 0.4) is 0 Å². The molecule has 0 aromatic heterocycles. The average Bonchev–Trinajstić information content (AvgIpc) is 2.85. The molecule has 1 atom stereocenters. The van der Waals surface area contributed by atoms with Crippen LogP contribution in [0.15, 0.2) is 24.3 Å². The number of hydrogen-bond donors (Lipinski definition) is 1. The van der Waals surface area contributed by atoms with Crippen LogP contribution in [-0.4, -0.2) is 13.6 Å². The van der Waals surface area contributed by atoms with Gasteiger partial charge in [-0.2, -0.15) is 0 Å². The van der Waals surface area contributed by atoms with Gasteiger partial charge >= 0.3 is 0 Å². The summed E-state index contributed by atoms with van der Waals surface area (Å²) < 4.78 is 0. The molecule has 0 spiro atoms. The van der Waals surface area contributed by atoms with Crippen molar-refractivity contribution in [2.45, 2.75) is 38.5 Å². The van der Waals surface area contributed by atoms with Gasteiger partial charge in [-0.05, 0) is 49.9 Å². The second-order valence-corrected chi connectivity index (χ2v) is 6.01. The van der Waals surface area contributed by atoms with Crippen LogP contribution >= 0.6 is 11.6 Å². The molecule has 0 radical (unpaired) electrons. The summed E-state index contributed by atoms with van der Waals surface area (Å²) in [5.41, 5.74) is 1.30. The molecule has 1 aromatic rings. The summed E-state index contributed by atoms with van der Waals surface area (Å²) in [6.45, 7) is 1.10. The molecule has 1 aliphatic carbocycles. The summed E-state index contributed by atoms with van der Waals surface area (Å²) in [6.07, 6.45) is 8.20. The Morgan fingerprint density at radius 1 is 1.28 bits per heavy atom. The Bertz CT molecular complexity index is 358. The summed E-state index contributed by atoms with van der Waals surface area (Å²) in [4.78, 5) is 0. The Morgan fingerprint density at radius 2 is 2.00 bits per heavy atom. The fraction of sp³-hybridized carbons (Fsp3) is 0.625. The fourth-order valence-corrected chi connectivity index (χ4v) is 3.43. The predicted molar refractivity (Wildman–Crippen MR) is 79.1 cm³/mol. The molecule has 1 nitrogen and oxygen atoms in total.